The molecule has 2 aliphatic rings. The lowest BCUT2D eigenvalue weighted by molar-refractivity contribution is -0.0242. The summed E-state index contributed by atoms with van der Waals surface area (Å²) in [5.74, 6) is 5.39. The van der Waals surface area contributed by atoms with E-state index in [1.807, 2.05) is 0 Å². The van der Waals surface area contributed by atoms with Gasteiger partial charge in [-0.1, -0.05) is 0 Å². The molecule has 0 aromatic carbocycles. The Hall–Kier alpha value is -1.22. The van der Waals surface area contributed by atoms with E-state index in [2.05, 4.69) is 10.4 Å². The zero-order valence-electron chi connectivity index (χ0n) is 11.0. The molecule has 7 nitrogen and oxygen atoms in total. The molecule has 0 radical (unpaired) electrons. The van der Waals surface area contributed by atoms with Crippen molar-refractivity contribution in [2.45, 2.75) is 36.4 Å². The van der Waals surface area contributed by atoms with E-state index >= 15 is 0 Å². The highest BCUT2D eigenvalue weighted by Crippen LogP contribution is 2.34. The largest absolute Gasteiger partial charge is 0.375 e. The highest BCUT2D eigenvalue weighted by Gasteiger charge is 2.43. The number of morpholine rings is 1. The van der Waals surface area contributed by atoms with Crippen LogP contribution in [0.15, 0.2) is 23.4 Å². The minimum absolute atomic E-state index is 0.0107. The number of hydrogen-bond acceptors (Lipinski definition) is 6. The van der Waals surface area contributed by atoms with Gasteiger partial charge >= 0.3 is 0 Å². The number of rotatable bonds is 3. The molecule has 20 heavy (non-hydrogen) atoms. The van der Waals surface area contributed by atoms with Gasteiger partial charge in [-0.3, -0.25) is 5.84 Å². The highest BCUT2D eigenvalue weighted by atomic mass is 32.2. The Morgan fingerprint density at radius 1 is 1.45 bits per heavy atom. The van der Waals surface area contributed by atoms with Crippen molar-refractivity contribution >= 4 is 15.7 Å². The van der Waals surface area contributed by atoms with Crippen molar-refractivity contribution in [3.05, 3.63) is 18.3 Å². The van der Waals surface area contributed by atoms with Crippen molar-refractivity contribution in [2.75, 3.05) is 18.6 Å². The van der Waals surface area contributed by atoms with Crippen LogP contribution >= 0.6 is 0 Å². The molecular weight excluding hydrogens is 280 g/mol. The standard InChI is InChI=1S/C12H18N4O3S/c13-15-9-3-2-6-14-12(9)20(17,18)16-7-8-19-11-5-1-4-10(11)16/h2-3,6,10-11,15H,1,4-5,7-8,13H2. The third-order valence-corrected chi connectivity index (χ3v) is 5.80. The first-order valence-corrected chi connectivity index (χ1v) is 8.13. The minimum atomic E-state index is -3.66. The fourth-order valence-electron chi connectivity index (χ4n) is 3.01. The number of sulfonamides is 1. The maximum atomic E-state index is 12.8. The molecule has 0 spiro atoms. The predicted octanol–water partition coefficient (Wildman–Crippen LogP) is 0.309. The molecule has 1 aliphatic heterocycles. The van der Waals surface area contributed by atoms with Crippen LogP contribution in [0.3, 0.4) is 0 Å². The van der Waals surface area contributed by atoms with Crippen LogP contribution in [-0.2, 0) is 14.8 Å². The van der Waals surface area contributed by atoms with E-state index in [4.69, 9.17) is 10.6 Å². The number of nitrogen functional groups attached to an aromatic ring is 1. The van der Waals surface area contributed by atoms with Crippen LogP contribution in [0.2, 0.25) is 0 Å². The Bertz CT molecular complexity index is 592. The van der Waals surface area contributed by atoms with E-state index in [1.165, 1.54) is 10.5 Å². The molecule has 110 valence electrons. The summed E-state index contributed by atoms with van der Waals surface area (Å²) in [5, 5.41) is -0.0185. The molecule has 2 unspecified atom stereocenters. The van der Waals surface area contributed by atoms with Gasteiger partial charge < -0.3 is 10.2 Å². The van der Waals surface area contributed by atoms with Crippen molar-refractivity contribution in [3.63, 3.8) is 0 Å². The first kappa shape index (κ1) is 13.7. The molecule has 3 rings (SSSR count). The van der Waals surface area contributed by atoms with Crippen LogP contribution in [0.1, 0.15) is 19.3 Å². The summed E-state index contributed by atoms with van der Waals surface area (Å²) in [4.78, 5) is 4.00. The molecule has 1 saturated heterocycles. The molecule has 1 aliphatic carbocycles. The Balaban J connectivity index is 1.98. The summed E-state index contributed by atoms with van der Waals surface area (Å²) in [5.41, 5.74) is 2.71. The first-order valence-electron chi connectivity index (χ1n) is 6.69. The fourth-order valence-corrected chi connectivity index (χ4v) is 4.74. The lowest BCUT2D eigenvalue weighted by atomic mass is 10.2. The number of hydrazine groups is 1. The van der Waals surface area contributed by atoms with Crippen LogP contribution in [0.5, 0.6) is 0 Å². The average molecular weight is 298 g/mol. The van der Waals surface area contributed by atoms with Crippen LogP contribution in [-0.4, -0.2) is 43.0 Å². The zero-order chi connectivity index (χ0) is 14.2. The first-order chi connectivity index (χ1) is 9.64. The summed E-state index contributed by atoms with van der Waals surface area (Å²) >= 11 is 0. The summed E-state index contributed by atoms with van der Waals surface area (Å²) in [6, 6.07) is 3.17. The lowest BCUT2D eigenvalue weighted by Gasteiger charge is -2.36. The van der Waals surface area contributed by atoms with Crippen LogP contribution in [0, 0.1) is 0 Å². The number of nitrogens with one attached hydrogen (secondary N) is 1. The Morgan fingerprint density at radius 2 is 2.30 bits per heavy atom. The van der Waals surface area contributed by atoms with Crippen LogP contribution in [0.4, 0.5) is 5.69 Å². The van der Waals surface area contributed by atoms with Gasteiger partial charge in [-0.25, -0.2) is 13.4 Å². The van der Waals surface area contributed by atoms with Gasteiger partial charge in [-0.2, -0.15) is 4.31 Å². The molecule has 8 heteroatoms. The van der Waals surface area contributed by atoms with Gasteiger partial charge in [0.05, 0.1) is 24.4 Å². The molecule has 0 bridgehead atoms. The normalized spacial score (nSPS) is 27.2. The molecular formula is C12H18N4O3S. The highest BCUT2D eigenvalue weighted by molar-refractivity contribution is 7.89. The second-order valence-corrected chi connectivity index (χ2v) is 6.83. The van der Waals surface area contributed by atoms with Gasteiger partial charge in [-0.05, 0) is 31.4 Å². The van der Waals surface area contributed by atoms with Crippen molar-refractivity contribution < 1.29 is 13.2 Å². The number of fused-ring (bicyclic) bond motifs is 1. The van der Waals surface area contributed by atoms with Crippen molar-refractivity contribution in [2.24, 2.45) is 5.84 Å². The number of aromatic nitrogens is 1. The molecule has 1 aromatic rings. The summed E-state index contributed by atoms with van der Waals surface area (Å²) in [6.45, 7) is 0.794. The Labute approximate surface area is 118 Å². The van der Waals surface area contributed by atoms with E-state index in [-0.39, 0.29) is 17.2 Å². The maximum absolute atomic E-state index is 12.8. The van der Waals surface area contributed by atoms with Crippen LogP contribution in [0.25, 0.3) is 0 Å². The Kier molecular flexibility index (Phi) is 3.63. The summed E-state index contributed by atoms with van der Waals surface area (Å²) in [6.07, 6.45) is 4.21. The molecule has 0 amide bonds. The van der Waals surface area contributed by atoms with Gasteiger partial charge in [0.15, 0.2) is 5.03 Å². The minimum Gasteiger partial charge on any atom is -0.375 e. The quantitative estimate of drug-likeness (QED) is 0.615. The number of nitrogens with zero attached hydrogens (tertiary/aromatic N) is 2. The molecule has 2 heterocycles. The second kappa shape index (κ2) is 5.28. The SMILES string of the molecule is NNc1cccnc1S(=O)(=O)N1CCOC2CCCC21. The molecule has 1 saturated carbocycles. The van der Waals surface area contributed by atoms with E-state index in [1.54, 1.807) is 12.1 Å². The average Bonchev–Trinajstić information content (AvgIpc) is 2.95. The van der Waals surface area contributed by atoms with Crippen molar-refractivity contribution in [1.29, 1.82) is 0 Å². The third kappa shape index (κ3) is 2.18. The second-order valence-electron chi connectivity index (χ2n) is 5.02. The van der Waals surface area contributed by atoms with Gasteiger partial charge in [0, 0.05) is 12.7 Å². The number of anilines is 1. The number of pyridine rings is 1. The summed E-state index contributed by atoms with van der Waals surface area (Å²) < 4.78 is 32.8. The monoisotopic (exact) mass is 298 g/mol. The van der Waals surface area contributed by atoms with E-state index in [9.17, 15) is 8.42 Å². The van der Waals surface area contributed by atoms with Crippen LogP contribution < -0.4 is 11.3 Å². The van der Waals surface area contributed by atoms with E-state index in [0.29, 0.717) is 18.8 Å². The lowest BCUT2D eigenvalue weighted by Crippen LogP contribution is -2.51. The molecule has 1 aromatic heterocycles. The fraction of sp³-hybridized carbons (Fsp3) is 0.583. The van der Waals surface area contributed by atoms with Gasteiger partial charge in [0.25, 0.3) is 10.0 Å². The smallest absolute Gasteiger partial charge is 0.263 e. The number of nitrogens with two attached hydrogens (primary N) is 1. The van der Waals surface area contributed by atoms with Gasteiger partial charge in [0.2, 0.25) is 0 Å². The van der Waals surface area contributed by atoms with Gasteiger partial charge in [0.1, 0.15) is 0 Å². The zero-order valence-corrected chi connectivity index (χ0v) is 11.8. The topological polar surface area (TPSA) is 97.5 Å². The van der Waals surface area contributed by atoms with Gasteiger partial charge in [-0.15, -0.1) is 0 Å². The molecule has 3 N–H and O–H groups in total. The van der Waals surface area contributed by atoms with E-state index < -0.39 is 10.0 Å². The molecule has 2 fully saturated rings. The number of ether oxygens (including phenoxy) is 1. The predicted molar refractivity (Wildman–Crippen MR) is 73.3 cm³/mol. The van der Waals surface area contributed by atoms with E-state index in [0.717, 1.165) is 19.3 Å². The summed E-state index contributed by atoms with van der Waals surface area (Å²) in [7, 11) is -3.66. The maximum Gasteiger partial charge on any atom is 0.263 e. The van der Waals surface area contributed by atoms with Crippen molar-refractivity contribution in [1.82, 2.24) is 9.29 Å². The molecule has 2 atom stereocenters. The number of hydrogen-bond donors (Lipinski definition) is 2. The Morgan fingerprint density at radius 3 is 3.10 bits per heavy atom. The third-order valence-electron chi connectivity index (χ3n) is 3.91. The van der Waals surface area contributed by atoms with Crippen molar-refractivity contribution in [3.8, 4) is 0 Å².